The number of H-pyrrole nitrogens is 1. The number of amides is 1. The number of aromatic nitrogens is 4. The number of anilines is 1. The van der Waals surface area contributed by atoms with Gasteiger partial charge in [-0.05, 0) is 66.6 Å². The van der Waals surface area contributed by atoms with Gasteiger partial charge < -0.3 is 19.8 Å². The lowest BCUT2D eigenvalue weighted by Gasteiger charge is -2.25. The summed E-state index contributed by atoms with van der Waals surface area (Å²) in [5, 5.41) is 20.9. The second-order valence-corrected chi connectivity index (χ2v) is 9.21. The molecule has 0 unspecified atom stereocenters. The Kier molecular flexibility index (Phi) is 7.63. The number of tetrazole rings is 1. The van der Waals surface area contributed by atoms with Gasteiger partial charge in [0, 0.05) is 22.2 Å². The molecule has 2 atom stereocenters. The molecule has 0 aliphatic heterocycles. The molecule has 38 heavy (non-hydrogen) atoms. The highest BCUT2D eigenvalue weighted by Gasteiger charge is 2.17. The van der Waals surface area contributed by atoms with Gasteiger partial charge in [0.15, 0.2) is 5.82 Å². The summed E-state index contributed by atoms with van der Waals surface area (Å²) >= 11 is 0. The molecule has 0 radical (unpaired) electrons. The molecule has 0 spiro atoms. The van der Waals surface area contributed by atoms with Crippen LogP contribution in [0.3, 0.4) is 0 Å². The molecule has 0 aliphatic rings. The van der Waals surface area contributed by atoms with Crippen molar-refractivity contribution in [3.05, 3.63) is 90.3 Å². The third-order valence-corrected chi connectivity index (χ3v) is 6.62. The number of fused-ring (bicyclic) bond motifs is 1. The first-order valence-corrected chi connectivity index (χ1v) is 12.7. The van der Waals surface area contributed by atoms with Crippen LogP contribution in [0, 0.1) is 5.92 Å². The lowest BCUT2D eigenvalue weighted by atomic mass is 9.99. The fourth-order valence-electron chi connectivity index (χ4n) is 4.11. The summed E-state index contributed by atoms with van der Waals surface area (Å²) in [6.07, 6.45) is 1.00. The molecule has 2 aromatic heterocycles. The van der Waals surface area contributed by atoms with Crippen LogP contribution in [0.4, 0.5) is 5.69 Å². The number of para-hydroxylation sites is 1. The van der Waals surface area contributed by atoms with Crippen molar-refractivity contribution in [2.45, 2.75) is 32.9 Å². The molecule has 1 amide bonds. The Bertz CT molecular complexity index is 1430. The molecule has 3 aromatic carbocycles. The van der Waals surface area contributed by atoms with E-state index in [0.29, 0.717) is 23.9 Å². The van der Waals surface area contributed by atoms with E-state index in [2.05, 4.69) is 51.2 Å². The highest BCUT2D eigenvalue weighted by Crippen LogP contribution is 2.29. The van der Waals surface area contributed by atoms with E-state index in [1.54, 1.807) is 12.1 Å². The molecular weight excluding hydrogens is 480 g/mol. The van der Waals surface area contributed by atoms with E-state index in [1.165, 1.54) is 0 Å². The number of nitrogens with one attached hydrogen (secondary N) is 3. The summed E-state index contributed by atoms with van der Waals surface area (Å²) in [5.74, 6) is 2.24. The Labute approximate surface area is 220 Å². The zero-order valence-electron chi connectivity index (χ0n) is 21.3. The van der Waals surface area contributed by atoms with E-state index in [1.807, 2.05) is 60.7 Å². The molecule has 2 heterocycles. The van der Waals surface area contributed by atoms with Crippen LogP contribution >= 0.6 is 0 Å². The van der Waals surface area contributed by atoms with Crippen molar-refractivity contribution in [2.24, 2.45) is 5.92 Å². The summed E-state index contributed by atoms with van der Waals surface area (Å²) in [5.41, 5.74) is 3.36. The second kappa shape index (κ2) is 11.6. The van der Waals surface area contributed by atoms with Gasteiger partial charge >= 0.3 is 0 Å². The second-order valence-electron chi connectivity index (χ2n) is 9.21. The number of hydrogen-bond donors (Lipinski definition) is 3. The van der Waals surface area contributed by atoms with Crippen LogP contribution < -0.4 is 15.4 Å². The zero-order chi connectivity index (χ0) is 26.3. The van der Waals surface area contributed by atoms with Crippen molar-refractivity contribution >= 4 is 22.6 Å². The number of aromatic amines is 1. The number of carbonyl (C=O) groups excluding carboxylic acids is 1. The fraction of sp³-hybridized carbons (Fsp3) is 0.241. The number of rotatable bonds is 11. The summed E-state index contributed by atoms with van der Waals surface area (Å²) < 4.78 is 12.1. The maximum absolute atomic E-state index is 12.4. The van der Waals surface area contributed by atoms with Crippen molar-refractivity contribution in [2.75, 3.05) is 11.9 Å². The third kappa shape index (κ3) is 6.00. The monoisotopic (exact) mass is 510 g/mol. The first-order valence-electron chi connectivity index (χ1n) is 12.7. The van der Waals surface area contributed by atoms with Crippen molar-refractivity contribution in [1.82, 2.24) is 25.9 Å². The predicted molar refractivity (Wildman–Crippen MR) is 146 cm³/mol. The average Bonchev–Trinajstić information content (AvgIpc) is 3.64. The fourth-order valence-corrected chi connectivity index (χ4v) is 4.11. The Morgan fingerprint density at radius 3 is 2.55 bits per heavy atom. The van der Waals surface area contributed by atoms with E-state index >= 15 is 0 Å². The highest BCUT2D eigenvalue weighted by atomic mass is 16.5. The SMILES string of the molecule is CC[C@H](C)[C@@H](COc1ccc(-c2cc3ccccc3o2)cc1)Nc1ccc(C(=O)NCc2nn[nH]n2)cc1. The number of nitrogens with zero attached hydrogens (tertiary/aromatic N) is 3. The molecule has 0 bridgehead atoms. The van der Waals surface area contributed by atoms with Crippen LogP contribution in [-0.2, 0) is 6.54 Å². The van der Waals surface area contributed by atoms with Crippen LogP contribution in [0.15, 0.2) is 83.3 Å². The number of ether oxygens (including phenoxy) is 1. The van der Waals surface area contributed by atoms with Crippen LogP contribution in [0.25, 0.3) is 22.3 Å². The molecule has 5 aromatic rings. The Morgan fingerprint density at radius 2 is 1.84 bits per heavy atom. The van der Waals surface area contributed by atoms with Gasteiger partial charge in [-0.15, -0.1) is 10.2 Å². The van der Waals surface area contributed by atoms with Gasteiger partial charge in [0.2, 0.25) is 0 Å². The number of furan rings is 1. The maximum Gasteiger partial charge on any atom is 0.251 e. The van der Waals surface area contributed by atoms with Gasteiger partial charge in [-0.3, -0.25) is 4.79 Å². The lowest BCUT2D eigenvalue weighted by molar-refractivity contribution is 0.0950. The van der Waals surface area contributed by atoms with E-state index in [0.717, 1.165) is 40.2 Å². The summed E-state index contributed by atoms with van der Waals surface area (Å²) in [7, 11) is 0. The molecule has 0 saturated carbocycles. The highest BCUT2D eigenvalue weighted by molar-refractivity contribution is 5.94. The number of benzene rings is 3. The summed E-state index contributed by atoms with van der Waals surface area (Å²) in [6.45, 7) is 5.08. The number of carbonyl (C=O) groups is 1. The minimum atomic E-state index is -0.200. The van der Waals surface area contributed by atoms with Gasteiger partial charge in [0.1, 0.15) is 23.7 Å². The van der Waals surface area contributed by atoms with Gasteiger partial charge in [-0.25, -0.2) is 0 Å². The van der Waals surface area contributed by atoms with Crippen molar-refractivity contribution in [3.63, 3.8) is 0 Å². The van der Waals surface area contributed by atoms with Crippen molar-refractivity contribution in [1.29, 1.82) is 0 Å². The average molecular weight is 511 g/mol. The lowest BCUT2D eigenvalue weighted by Crippen LogP contribution is -2.33. The van der Waals surface area contributed by atoms with E-state index in [4.69, 9.17) is 9.15 Å². The molecule has 9 nitrogen and oxygen atoms in total. The smallest absolute Gasteiger partial charge is 0.251 e. The normalized spacial score (nSPS) is 12.7. The van der Waals surface area contributed by atoms with E-state index < -0.39 is 0 Å². The Hall–Kier alpha value is -4.66. The molecule has 9 heteroatoms. The minimum Gasteiger partial charge on any atom is -0.491 e. The predicted octanol–water partition coefficient (Wildman–Crippen LogP) is 5.45. The minimum absolute atomic E-state index is 0.0907. The molecule has 0 aliphatic carbocycles. The summed E-state index contributed by atoms with van der Waals surface area (Å²) in [6, 6.07) is 25.5. The van der Waals surface area contributed by atoms with Crippen LogP contribution in [-0.4, -0.2) is 39.2 Å². The maximum atomic E-state index is 12.4. The zero-order valence-corrected chi connectivity index (χ0v) is 21.3. The number of hydrogen-bond acceptors (Lipinski definition) is 7. The quantitative estimate of drug-likeness (QED) is 0.216. The Balaban J connectivity index is 1.18. The van der Waals surface area contributed by atoms with Gasteiger partial charge in [-0.1, -0.05) is 43.7 Å². The van der Waals surface area contributed by atoms with Crippen LogP contribution in [0.1, 0.15) is 36.5 Å². The van der Waals surface area contributed by atoms with E-state index in [-0.39, 0.29) is 18.5 Å². The molecule has 194 valence electrons. The largest absolute Gasteiger partial charge is 0.491 e. The van der Waals surface area contributed by atoms with Crippen LogP contribution in [0.5, 0.6) is 5.75 Å². The first kappa shape index (κ1) is 25.0. The Morgan fingerprint density at radius 1 is 1.05 bits per heavy atom. The third-order valence-electron chi connectivity index (χ3n) is 6.62. The summed E-state index contributed by atoms with van der Waals surface area (Å²) in [4.78, 5) is 12.4. The molecular formula is C29H30N6O3. The van der Waals surface area contributed by atoms with E-state index in [9.17, 15) is 4.79 Å². The van der Waals surface area contributed by atoms with Gasteiger partial charge in [0.05, 0.1) is 12.6 Å². The molecule has 5 rings (SSSR count). The first-order chi connectivity index (χ1) is 18.6. The van der Waals surface area contributed by atoms with Crippen molar-refractivity contribution in [3.8, 4) is 17.1 Å². The van der Waals surface area contributed by atoms with Crippen LogP contribution in [0.2, 0.25) is 0 Å². The molecule has 3 N–H and O–H groups in total. The van der Waals surface area contributed by atoms with Gasteiger partial charge in [0.25, 0.3) is 5.91 Å². The topological polar surface area (TPSA) is 118 Å². The van der Waals surface area contributed by atoms with Gasteiger partial charge in [-0.2, -0.15) is 5.21 Å². The van der Waals surface area contributed by atoms with Crippen molar-refractivity contribution < 1.29 is 13.9 Å². The molecule has 0 saturated heterocycles. The standard InChI is InChI=1S/C29H30N6O3/c1-3-19(2)25(31-23-12-8-21(9-13-23)29(36)30-17-28-32-34-35-33-28)18-37-24-14-10-20(11-15-24)27-16-22-6-4-5-7-26(22)38-27/h4-16,19,25,31H,3,17-18H2,1-2H3,(H,30,36)(H,32,33,34,35)/t19-,25+/m0/s1. The molecule has 0 fully saturated rings.